The fourth-order valence-electron chi connectivity index (χ4n) is 2.19. The van der Waals surface area contributed by atoms with Crippen molar-refractivity contribution in [1.29, 1.82) is 0 Å². The van der Waals surface area contributed by atoms with Crippen LogP contribution in [0.4, 0.5) is 13.2 Å². The second-order valence-corrected chi connectivity index (χ2v) is 7.06. The number of benzene rings is 1. The van der Waals surface area contributed by atoms with E-state index in [0.29, 0.717) is 23.1 Å². The molecule has 0 atom stereocenters. The average Bonchev–Trinajstić information content (AvgIpc) is 3.12. The number of hydrogen-bond donors (Lipinski definition) is 1. The molecule has 2 heterocycles. The van der Waals surface area contributed by atoms with Crippen molar-refractivity contribution in [3.8, 4) is 11.4 Å². The van der Waals surface area contributed by atoms with Crippen molar-refractivity contribution >= 4 is 21.1 Å². The van der Waals surface area contributed by atoms with Crippen LogP contribution in [0.5, 0.6) is 0 Å². The Morgan fingerprint density at radius 1 is 1.32 bits per heavy atom. The number of imidazole rings is 1. The van der Waals surface area contributed by atoms with E-state index in [4.69, 9.17) is 0 Å². The van der Waals surface area contributed by atoms with Crippen molar-refractivity contribution < 1.29 is 26.1 Å². The zero-order valence-electron chi connectivity index (χ0n) is 12.8. The Kier molecular flexibility index (Phi) is 4.24. The van der Waals surface area contributed by atoms with Crippen LogP contribution in [0.25, 0.3) is 22.4 Å². The lowest BCUT2D eigenvalue weighted by Crippen LogP contribution is -2.25. The van der Waals surface area contributed by atoms with Gasteiger partial charge in [-0.1, -0.05) is 5.16 Å². The number of halogens is 3. The van der Waals surface area contributed by atoms with Crippen LogP contribution in [0.3, 0.4) is 0 Å². The highest BCUT2D eigenvalue weighted by Crippen LogP contribution is 2.30. The van der Waals surface area contributed by atoms with Crippen molar-refractivity contribution in [2.75, 3.05) is 12.8 Å². The summed E-state index contributed by atoms with van der Waals surface area (Å²) in [5, 5.41) is 3.33. The minimum atomic E-state index is -4.70. The number of hydrogen-bond acceptors (Lipinski definition) is 6. The van der Waals surface area contributed by atoms with Gasteiger partial charge in [0.05, 0.1) is 23.6 Å². The summed E-state index contributed by atoms with van der Waals surface area (Å²) in [5.41, 5.74) is 1.53. The molecule has 0 radical (unpaired) electrons. The van der Waals surface area contributed by atoms with E-state index in [9.17, 15) is 21.6 Å². The van der Waals surface area contributed by atoms with E-state index >= 15 is 0 Å². The summed E-state index contributed by atoms with van der Waals surface area (Å²) in [6.07, 6.45) is -2.13. The number of fused-ring (bicyclic) bond motifs is 1. The summed E-state index contributed by atoms with van der Waals surface area (Å²) in [6, 6.07) is 4.71. The van der Waals surface area contributed by atoms with E-state index < -0.39 is 22.1 Å². The smallest absolute Gasteiger partial charge is 0.329 e. The molecule has 0 amide bonds. The third kappa shape index (κ3) is 3.96. The first-order valence-corrected chi connectivity index (χ1v) is 8.83. The largest absolute Gasteiger partial charge is 0.471 e. The fraction of sp³-hybridized carbons (Fsp3) is 0.308. The van der Waals surface area contributed by atoms with Gasteiger partial charge in [-0.15, -0.1) is 0 Å². The maximum Gasteiger partial charge on any atom is 0.471 e. The maximum absolute atomic E-state index is 12.5. The third-order valence-electron chi connectivity index (χ3n) is 3.26. The molecule has 134 valence electrons. The molecule has 0 aliphatic heterocycles. The summed E-state index contributed by atoms with van der Waals surface area (Å²) in [4.78, 5) is 7.48. The molecule has 0 fully saturated rings. The molecule has 8 nitrogen and oxygen atoms in total. The zero-order chi connectivity index (χ0) is 18.2. The van der Waals surface area contributed by atoms with Gasteiger partial charge in [0.15, 0.2) is 0 Å². The highest BCUT2D eigenvalue weighted by atomic mass is 32.2. The van der Waals surface area contributed by atoms with Crippen molar-refractivity contribution in [1.82, 2.24) is 24.4 Å². The van der Waals surface area contributed by atoms with Crippen LogP contribution < -0.4 is 4.72 Å². The molecule has 0 bridgehead atoms. The second kappa shape index (κ2) is 6.11. The van der Waals surface area contributed by atoms with Gasteiger partial charge in [-0.2, -0.15) is 18.2 Å². The predicted octanol–water partition coefficient (Wildman–Crippen LogP) is 1.65. The van der Waals surface area contributed by atoms with Crippen molar-refractivity contribution in [2.45, 2.75) is 12.7 Å². The molecule has 1 N–H and O–H groups in total. The number of nitrogens with one attached hydrogen (secondary N) is 1. The zero-order valence-corrected chi connectivity index (χ0v) is 13.6. The first-order valence-electron chi connectivity index (χ1n) is 6.94. The van der Waals surface area contributed by atoms with E-state index in [1.54, 1.807) is 10.6 Å². The van der Waals surface area contributed by atoms with Gasteiger partial charge in [0.2, 0.25) is 15.8 Å². The molecule has 0 aliphatic carbocycles. The Labute approximate surface area is 139 Å². The van der Waals surface area contributed by atoms with E-state index in [0.717, 1.165) is 6.26 Å². The van der Waals surface area contributed by atoms with E-state index in [1.165, 1.54) is 18.5 Å². The van der Waals surface area contributed by atoms with Crippen LogP contribution in [0.1, 0.15) is 5.89 Å². The van der Waals surface area contributed by atoms with Gasteiger partial charge in [-0.25, -0.2) is 18.1 Å². The van der Waals surface area contributed by atoms with Gasteiger partial charge in [0, 0.05) is 18.7 Å². The second-order valence-electron chi connectivity index (χ2n) is 5.23. The SMILES string of the molecule is CS(=O)(=O)NCCn1cnc2cc(-c3noc(C(F)(F)F)n3)ccc21. The predicted molar refractivity (Wildman–Crippen MR) is 80.9 cm³/mol. The van der Waals surface area contributed by atoms with Crippen LogP contribution in [0, 0.1) is 0 Å². The Balaban J connectivity index is 1.83. The number of aromatic nitrogens is 4. The van der Waals surface area contributed by atoms with Crippen molar-refractivity contribution in [3.63, 3.8) is 0 Å². The van der Waals surface area contributed by atoms with E-state index in [1.807, 2.05) is 0 Å². The number of alkyl halides is 3. The van der Waals surface area contributed by atoms with Crippen molar-refractivity contribution in [2.24, 2.45) is 0 Å². The van der Waals surface area contributed by atoms with Gasteiger partial charge < -0.3 is 9.09 Å². The van der Waals surface area contributed by atoms with Crippen LogP contribution in [-0.2, 0) is 22.7 Å². The number of rotatable bonds is 5. The van der Waals surface area contributed by atoms with Crippen molar-refractivity contribution in [3.05, 3.63) is 30.4 Å². The molecule has 0 unspecified atom stereocenters. The first-order chi connectivity index (χ1) is 11.6. The van der Waals surface area contributed by atoms with Gasteiger partial charge in [-0.3, -0.25) is 0 Å². The van der Waals surface area contributed by atoms with Crippen LogP contribution >= 0.6 is 0 Å². The molecule has 2 aromatic heterocycles. The van der Waals surface area contributed by atoms with Gasteiger partial charge in [0.25, 0.3) is 0 Å². The van der Waals surface area contributed by atoms with Gasteiger partial charge >= 0.3 is 12.1 Å². The molecule has 1 aromatic carbocycles. The fourth-order valence-corrected chi connectivity index (χ4v) is 2.65. The Morgan fingerprint density at radius 3 is 2.72 bits per heavy atom. The normalized spacial score (nSPS) is 12.8. The lowest BCUT2D eigenvalue weighted by Gasteiger charge is -2.05. The first kappa shape index (κ1) is 17.4. The van der Waals surface area contributed by atoms with E-state index in [2.05, 4.69) is 24.4 Å². The van der Waals surface area contributed by atoms with Gasteiger partial charge in [-0.05, 0) is 18.2 Å². The molecular weight excluding hydrogens is 363 g/mol. The van der Waals surface area contributed by atoms with Crippen LogP contribution in [0.15, 0.2) is 29.0 Å². The highest BCUT2D eigenvalue weighted by Gasteiger charge is 2.38. The molecular formula is C13H12F3N5O3S. The molecule has 12 heteroatoms. The molecule has 3 aromatic rings. The third-order valence-corrected chi connectivity index (χ3v) is 3.99. The Morgan fingerprint density at radius 2 is 2.08 bits per heavy atom. The Bertz CT molecular complexity index is 1010. The topological polar surface area (TPSA) is 103 Å². The summed E-state index contributed by atoms with van der Waals surface area (Å²) in [6.45, 7) is 0.537. The Hall–Kier alpha value is -2.47. The highest BCUT2D eigenvalue weighted by molar-refractivity contribution is 7.88. The number of nitrogens with zero attached hydrogens (tertiary/aromatic N) is 4. The monoisotopic (exact) mass is 375 g/mol. The molecule has 0 spiro atoms. The van der Waals surface area contributed by atoms with E-state index in [-0.39, 0.29) is 12.4 Å². The summed E-state index contributed by atoms with van der Waals surface area (Å²) in [7, 11) is -3.29. The molecule has 3 rings (SSSR count). The minimum absolute atomic E-state index is 0.186. The number of sulfonamides is 1. The van der Waals surface area contributed by atoms with Gasteiger partial charge in [0.1, 0.15) is 0 Å². The van der Waals surface area contributed by atoms with Crippen LogP contribution in [-0.4, -0.2) is 40.9 Å². The lowest BCUT2D eigenvalue weighted by molar-refractivity contribution is -0.159. The summed E-state index contributed by atoms with van der Waals surface area (Å²) in [5.74, 6) is -1.61. The molecule has 0 saturated heterocycles. The quantitative estimate of drug-likeness (QED) is 0.727. The molecule has 0 saturated carbocycles. The standard InChI is InChI=1S/C13H12F3N5O3S/c1-25(22,23)18-4-5-21-7-17-9-6-8(2-3-10(9)21)11-19-12(24-20-11)13(14,15)16/h2-3,6-7,18H,4-5H2,1H3. The summed E-state index contributed by atoms with van der Waals surface area (Å²) >= 11 is 0. The molecule has 25 heavy (non-hydrogen) atoms. The lowest BCUT2D eigenvalue weighted by atomic mass is 10.2. The minimum Gasteiger partial charge on any atom is -0.329 e. The van der Waals surface area contributed by atoms with Crippen LogP contribution in [0.2, 0.25) is 0 Å². The average molecular weight is 375 g/mol. The molecule has 0 aliphatic rings. The maximum atomic E-state index is 12.5. The summed E-state index contributed by atoms with van der Waals surface area (Å²) < 4.78 is 68.0.